The molecular formula is C11H19NO3. The van der Waals surface area contributed by atoms with Crippen molar-refractivity contribution in [1.29, 1.82) is 0 Å². The van der Waals surface area contributed by atoms with Gasteiger partial charge in [0.2, 0.25) is 5.91 Å². The molecule has 0 bridgehead atoms. The average Bonchev–Trinajstić information content (AvgIpc) is 2.93. The molecule has 0 spiro atoms. The van der Waals surface area contributed by atoms with Crippen molar-refractivity contribution in [3.8, 4) is 0 Å². The number of carbonyl (C=O) groups excluding carboxylic acids is 1. The molecule has 1 amide bonds. The van der Waals surface area contributed by atoms with Crippen LogP contribution in [-0.2, 0) is 9.59 Å². The van der Waals surface area contributed by atoms with Crippen LogP contribution in [0, 0.1) is 11.8 Å². The largest absolute Gasteiger partial charge is 0.480 e. The summed E-state index contributed by atoms with van der Waals surface area (Å²) in [6, 6.07) is -0.753. The highest BCUT2D eigenvalue weighted by Gasteiger charge is 2.25. The number of rotatable bonds is 6. The lowest BCUT2D eigenvalue weighted by Gasteiger charge is -2.17. The van der Waals surface area contributed by atoms with Gasteiger partial charge >= 0.3 is 5.97 Å². The molecule has 0 unspecified atom stereocenters. The number of carbonyl (C=O) groups is 2. The number of amides is 1. The standard InChI is InChI=1S/C11H19NO3/c1-7(2)10(11(14)15)12-9(13)6-5-8-3-4-8/h7-8,10H,3-6H2,1-2H3,(H,12,13)(H,14,15)/t10-/m0/s1. The molecule has 1 rings (SSSR count). The van der Waals surface area contributed by atoms with E-state index in [4.69, 9.17) is 5.11 Å². The SMILES string of the molecule is CC(C)[C@H](NC(=O)CCC1CC1)C(=O)O. The molecule has 1 fully saturated rings. The van der Waals surface area contributed by atoms with Gasteiger partial charge in [-0.2, -0.15) is 0 Å². The van der Waals surface area contributed by atoms with Crippen molar-refractivity contribution in [2.45, 2.75) is 45.6 Å². The third-order valence-corrected chi connectivity index (χ3v) is 2.73. The molecule has 0 saturated heterocycles. The number of hydrogen-bond acceptors (Lipinski definition) is 2. The van der Waals surface area contributed by atoms with Gasteiger partial charge in [0.1, 0.15) is 6.04 Å². The summed E-state index contributed by atoms with van der Waals surface area (Å²) in [6.45, 7) is 3.58. The Bertz CT molecular complexity index is 246. The summed E-state index contributed by atoms with van der Waals surface area (Å²) < 4.78 is 0. The second-order valence-corrected chi connectivity index (χ2v) is 4.61. The van der Waals surface area contributed by atoms with E-state index in [0.717, 1.165) is 6.42 Å². The van der Waals surface area contributed by atoms with Crippen LogP contribution in [0.5, 0.6) is 0 Å². The Balaban J connectivity index is 2.28. The fraction of sp³-hybridized carbons (Fsp3) is 0.818. The molecule has 0 radical (unpaired) electrons. The zero-order valence-electron chi connectivity index (χ0n) is 9.32. The van der Waals surface area contributed by atoms with Crippen LogP contribution >= 0.6 is 0 Å². The molecule has 2 N–H and O–H groups in total. The Hall–Kier alpha value is -1.06. The Morgan fingerprint density at radius 1 is 1.40 bits per heavy atom. The van der Waals surface area contributed by atoms with E-state index in [9.17, 15) is 9.59 Å². The van der Waals surface area contributed by atoms with Crippen molar-refractivity contribution in [3.63, 3.8) is 0 Å². The summed E-state index contributed by atoms with van der Waals surface area (Å²) in [7, 11) is 0. The first-order chi connectivity index (χ1) is 7.00. The zero-order valence-corrected chi connectivity index (χ0v) is 9.32. The molecule has 1 saturated carbocycles. The number of hydrogen-bond donors (Lipinski definition) is 2. The van der Waals surface area contributed by atoms with Gasteiger partial charge in [0, 0.05) is 6.42 Å². The lowest BCUT2D eigenvalue weighted by molar-refractivity contribution is -0.143. The summed E-state index contributed by atoms with van der Waals surface area (Å²) in [5, 5.41) is 11.4. The van der Waals surface area contributed by atoms with Crippen molar-refractivity contribution in [2.75, 3.05) is 0 Å². The van der Waals surface area contributed by atoms with Gasteiger partial charge in [-0.25, -0.2) is 4.79 Å². The van der Waals surface area contributed by atoms with Gasteiger partial charge in [-0.1, -0.05) is 26.7 Å². The number of carboxylic acids is 1. The summed E-state index contributed by atoms with van der Waals surface area (Å²) in [4.78, 5) is 22.2. The lowest BCUT2D eigenvalue weighted by Crippen LogP contribution is -2.44. The zero-order chi connectivity index (χ0) is 11.4. The molecule has 0 aromatic carbocycles. The summed E-state index contributed by atoms with van der Waals surface area (Å²) >= 11 is 0. The predicted octanol–water partition coefficient (Wildman–Crippen LogP) is 1.40. The topological polar surface area (TPSA) is 66.4 Å². The Morgan fingerprint density at radius 2 is 2.00 bits per heavy atom. The van der Waals surface area contributed by atoms with Crippen molar-refractivity contribution in [2.24, 2.45) is 11.8 Å². The maximum atomic E-state index is 11.4. The molecule has 0 heterocycles. The molecule has 4 nitrogen and oxygen atoms in total. The van der Waals surface area contributed by atoms with Gasteiger partial charge in [-0.05, 0) is 18.3 Å². The molecule has 0 aliphatic heterocycles. The van der Waals surface area contributed by atoms with Gasteiger partial charge in [0.05, 0.1) is 0 Å². The Kier molecular flexibility index (Phi) is 4.12. The van der Waals surface area contributed by atoms with Crippen LogP contribution in [0.2, 0.25) is 0 Å². The van der Waals surface area contributed by atoms with Gasteiger partial charge in [-0.15, -0.1) is 0 Å². The summed E-state index contributed by atoms with van der Waals surface area (Å²) in [5.41, 5.74) is 0. The second-order valence-electron chi connectivity index (χ2n) is 4.61. The molecule has 15 heavy (non-hydrogen) atoms. The first kappa shape index (κ1) is 12.0. The molecular weight excluding hydrogens is 194 g/mol. The molecule has 4 heteroatoms. The molecule has 0 aromatic heterocycles. The third kappa shape index (κ3) is 4.32. The van der Waals surface area contributed by atoms with Crippen molar-refractivity contribution in [3.05, 3.63) is 0 Å². The van der Waals surface area contributed by atoms with Gasteiger partial charge in [0.25, 0.3) is 0 Å². The highest BCUT2D eigenvalue weighted by atomic mass is 16.4. The number of aliphatic carboxylic acids is 1. The third-order valence-electron chi connectivity index (χ3n) is 2.73. The first-order valence-corrected chi connectivity index (χ1v) is 5.53. The van der Waals surface area contributed by atoms with Crippen molar-refractivity contribution >= 4 is 11.9 Å². The number of carboxylic acid groups (broad SMARTS) is 1. The van der Waals surface area contributed by atoms with Crippen LogP contribution in [0.1, 0.15) is 39.5 Å². The highest BCUT2D eigenvalue weighted by Crippen LogP contribution is 2.33. The minimum absolute atomic E-state index is 0.0765. The van der Waals surface area contributed by atoms with Crippen LogP contribution in [0.25, 0.3) is 0 Å². The van der Waals surface area contributed by atoms with E-state index in [0.29, 0.717) is 12.3 Å². The van der Waals surface area contributed by atoms with E-state index in [2.05, 4.69) is 5.32 Å². The van der Waals surface area contributed by atoms with Gasteiger partial charge < -0.3 is 10.4 Å². The Morgan fingerprint density at radius 3 is 2.40 bits per heavy atom. The second kappa shape index (κ2) is 5.14. The fourth-order valence-corrected chi connectivity index (χ4v) is 1.50. The van der Waals surface area contributed by atoms with Gasteiger partial charge in [0.15, 0.2) is 0 Å². The predicted molar refractivity (Wildman–Crippen MR) is 56.4 cm³/mol. The van der Waals surface area contributed by atoms with Crippen molar-refractivity contribution in [1.82, 2.24) is 5.32 Å². The first-order valence-electron chi connectivity index (χ1n) is 5.53. The van der Waals surface area contributed by atoms with Crippen molar-refractivity contribution < 1.29 is 14.7 Å². The van der Waals surface area contributed by atoms with Crippen LogP contribution < -0.4 is 5.32 Å². The number of nitrogens with one attached hydrogen (secondary N) is 1. The van der Waals surface area contributed by atoms with Crippen LogP contribution in [-0.4, -0.2) is 23.0 Å². The van der Waals surface area contributed by atoms with E-state index in [-0.39, 0.29) is 11.8 Å². The monoisotopic (exact) mass is 213 g/mol. The molecule has 0 aromatic rings. The maximum absolute atomic E-state index is 11.4. The molecule has 1 atom stereocenters. The highest BCUT2D eigenvalue weighted by molar-refractivity contribution is 5.83. The smallest absolute Gasteiger partial charge is 0.326 e. The molecule has 86 valence electrons. The lowest BCUT2D eigenvalue weighted by atomic mass is 10.0. The van der Waals surface area contributed by atoms with E-state index in [1.54, 1.807) is 13.8 Å². The van der Waals surface area contributed by atoms with E-state index < -0.39 is 12.0 Å². The normalized spacial score (nSPS) is 17.5. The van der Waals surface area contributed by atoms with Crippen LogP contribution in [0.3, 0.4) is 0 Å². The Labute approximate surface area is 90.0 Å². The average molecular weight is 213 g/mol. The fourth-order valence-electron chi connectivity index (χ4n) is 1.50. The summed E-state index contributed by atoms with van der Waals surface area (Å²) in [6.07, 6.45) is 3.80. The quantitative estimate of drug-likeness (QED) is 0.701. The minimum Gasteiger partial charge on any atom is -0.480 e. The van der Waals surface area contributed by atoms with E-state index >= 15 is 0 Å². The summed E-state index contributed by atoms with van der Waals surface area (Å²) in [5.74, 6) is -0.460. The molecule has 1 aliphatic carbocycles. The van der Waals surface area contributed by atoms with Crippen LogP contribution in [0.4, 0.5) is 0 Å². The van der Waals surface area contributed by atoms with Crippen LogP contribution in [0.15, 0.2) is 0 Å². The molecule has 1 aliphatic rings. The van der Waals surface area contributed by atoms with E-state index in [1.165, 1.54) is 12.8 Å². The van der Waals surface area contributed by atoms with E-state index in [1.807, 2.05) is 0 Å². The minimum atomic E-state index is -0.954. The van der Waals surface area contributed by atoms with Gasteiger partial charge in [-0.3, -0.25) is 4.79 Å². The maximum Gasteiger partial charge on any atom is 0.326 e.